The molecule has 1 N–H and O–H groups in total. The number of furan rings is 1. The van der Waals surface area contributed by atoms with Gasteiger partial charge in [0.1, 0.15) is 5.58 Å². The minimum Gasteiger partial charge on any atom is -0.451 e. The number of amides is 1. The predicted octanol–water partition coefficient (Wildman–Crippen LogP) is 3.35. The molecule has 1 aromatic carbocycles. The number of fused-ring (bicyclic) bond motifs is 1. The fourth-order valence-corrected chi connectivity index (χ4v) is 3.25. The first-order valence-electron chi connectivity index (χ1n) is 7.08. The standard InChI is InChI=1S/C16H18BrNO3/c1-9-13-7-11(17)3-4-14(13)21-15(9)16(20)18(2)8-10-5-12(19)6-10/h3-4,7,10,12,19H,5-6,8H2,1-2H3. The number of aliphatic hydroxyl groups excluding tert-OH is 1. The van der Waals surface area contributed by atoms with E-state index >= 15 is 0 Å². The smallest absolute Gasteiger partial charge is 0.289 e. The average Bonchev–Trinajstić information content (AvgIpc) is 2.73. The molecule has 0 aliphatic heterocycles. The van der Waals surface area contributed by atoms with Crippen LogP contribution in [0, 0.1) is 12.8 Å². The lowest BCUT2D eigenvalue weighted by atomic mass is 9.82. The zero-order valence-electron chi connectivity index (χ0n) is 12.1. The Labute approximate surface area is 131 Å². The lowest BCUT2D eigenvalue weighted by Crippen LogP contribution is -2.39. The predicted molar refractivity (Wildman–Crippen MR) is 84.3 cm³/mol. The van der Waals surface area contributed by atoms with Gasteiger partial charge in [-0.3, -0.25) is 4.79 Å². The van der Waals surface area contributed by atoms with Gasteiger partial charge in [0.2, 0.25) is 0 Å². The molecule has 0 unspecified atom stereocenters. The van der Waals surface area contributed by atoms with Gasteiger partial charge in [0.05, 0.1) is 6.10 Å². The van der Waals surface area contributed by atoms with Gasteiger partial charge in [-0.1, -0.05) is 15.9 Å². The van der Waals surface area contributed by atoms with Crippen LogP contribution in [0.25, 0.3) is 11.0 Å². The second kappa shape index (κ2) is 5.46. The van der Waals surface area contributed by atoms with E-state index in [0.29, 0.717) is 18.2 Å². The van der Waals surface area contributed by atoms with E-state index in [4.69, 9.17) is 4.42 Å². The van der Waals surface area contributed by atoms with Crippen LogP contribution in [-0.4, -0.2) is 35.6 Å². The van der Waals surface area contributed by atoms with Crippen molar-refractivity contribution in [2.75, 3.05) is 13.6 Å². The molecule has 0 atom stereocenters. The zero-order chi connectivity index (χ0) is 15.1. The molecular formula is C16H18BrNO3. The average molecular weight is 352 g/mol. The van der Waals surface area contributed by atoms with E-state index in [9.17, 15) is 9.90 Å². The maximum absolute atomic E-state index is 12.5. The Morgan fingerprint density at radius 3 is 2.86 bits per heavy atom. The van der Waals surface area contributed by atoms with Gasteiger partial charge < -0.3 is 14.4 Å². The van der Waals surface area contributed by atoms with Crippen LogP contribution in [0.1, 0.15) is 29.0 Å². The third-order valence-corrected chi connectivity index (χ3v) is 4.68. The van der Waals surface area contributed by atoms with Gasteiger partial charge in [-0.25, -0.2) is 0 Å². The summed E-state index contributed by atoms with van der Waals surface area (Å²) in [6.45, 7) is 2.57. The first kappa shape index (κ1) is 14.6. The van der Waals surface area contributed by atoms with E-state index in [2.05, 4.69) is 15.9 Å². The van der Waals surface area contributed by atoms with Crippen molar-refractivity contribution >= 4 is 32.8 Å². The zero-order valence-corrected chi connectivity index (χ0v) is 13.7. The van der Waals surface area contributed by atoms with Crippen molar-refractivity contribution in [3.05, 3.63) is 34.0 Å². The first-order chi connectivity index (χ1) is 9.95. The first-order valence-corrected chi connectivity index (χ1v) is 7.87. The van der Waals surface area contributed by atoms with Crippen LogP contribution in [-0.2, 0) is 0 Å². The number of carbonyl (C=O) groups excluding carboxylic acids is 1. The molecule has 2 aromatic rings. The number of rotatable bonds is 3. The molecule has 0 bridgehead atoms. The Balaban J connectivity index is 1.82. The normalized spacial score (nSPS) is 21.3. The fraction of sp³-hybridized carbons (Fsp3) is 0.438. The Kier molecular flexibility index (Phi) is 3.80. The van der Waals surface area contributed by atoms with Gasteiger partial charge >= 0.3 is 0 Å². The van der Waals surface area contributed by atoms with Gasteiger partial charge in [0, 0.05) is 29.0 Å². The highest BCUT2D eigenvalue weighted by atomic mass is 79.9. The minimum absolute atomic E-state index is 0.0961. The Morgan fingerprint density at radius 1 is 1.48 bits per heavy atom. The molecule has 5 heteroatoms. The summed E-state index contributed by atoms with van der Waals surface area (Å²) >= 11 is 3.44. The van der Waals surface area contributed by atoms with Crippen molar-refractivity contribution in [1.29, 1.82) is 0 Å². The Morgan fingerprint density at radius 2 is 2.19 bits per heavy atom. The third-order valence-electron chi connectivity index (χ3n) is 4.18. The highest BCUT2D eigenvalue weighted by molar-refractivity contribution is 9.10. The number of carbonyl (C=O) groups is 1. The lowest BCUT2D eigenvalue weighted by molar-refractivity contribution is 0.0258. The molecule has 1 aliphatic rings. The lowest BCUT2D eigenvalue weighted by Gasteiger charge is -2.34. The molecular weight excluding hydrogens is 334 g/mol. The molecule has 1 saturated carbocycles. The highest BCUT2D eigenvalue weighted by Gasteiger charge is 2.30. The van der Waals surface area contributed by atoms with Gasteiger partial charge in [-0.2, -0.15) is 0 Å². The molecule has 1 heterocycles. The number of aliphatic hydroxyl groups is 1. The topological polar surface area (TPSA) is 53.7 Å². The highest BCUT2D eigenvalue weighted by Crippen LogP contribution is 2.30. The summed E-state index contributed by atoms with van der Waals surface area (Å²) in [5.41, 5.74) is 1.60. The molecule has 21 heavy (non-hydrogen) atoms. The van der Waals surface area contributed by atoms with Crippen LogP contribution in [0.2, 0.25) is 0 Å². The summed E-state index contributed by atoms with van der Waals surface area (Å²) < 4.78 is 6.70. The number of hydrogen-bond acceptors (Lipinski definition) is 3. The van der Waals surface area contributed by atoms with Crippen LogP contribution >= 0.6 is 15.9 Å². The van der Waals surface area contributed by atoms with Crippen LogP contribution in [0.15, 0.2) is 27.1 Å². The molecule has 1 amide bonds. The van der Waals surface area contributed by atoms with Crippen molar-refractivity contribution in [1.82, 2.24) is 4.90 Å². The van der Waals surface area contributed by atoms with Gasteiger partial charge in [-0.15, -0.1) is 0 Å². The number of aryl methyl sites for hydroxylation is 1. The monoisotopic (exact) mass is 351 g/mol. The summed E-state index contributed by atoms with van der Waals surface area (Å²) in [4.78, 5) is 14.2. The van der Waals surface area contributed by atoms with Gasteiger partial charge in [0.25, 0.3) is 5.91 Å². The molecule has 0 spiro atoms. The van der Waals surface area contributed by atoms with E-state index in [0.717, 1.165) is 33.8 Å². The quantitative estimate of drug-likeness (QED) is 0.922. The summed E-state index contributed by atoms with van der Waals surface area (Å²) in [5.74, 6) is 0.708. The second-order valence-electron chi connectivity index (χ2n) is 5.87. The molecule has 3 rings (SSSR count). The third kappa shape index (κ3) is 2.72. The van der Waals surface area contributed by atoms with Crippen molar-refractivity contribution in [3.8, 4) is 0 Å². The maximum atomic E-state index is 12.5. The van der Waals surface area contributed by atoms with Crippen molar-refractivity contribution in [3.63, 3.8) is 0 Å². The molecule has 0 radical (unpaired) electrons. The number of benzene rings is 1. The molecule has 0 saturated heterocycles. The summed E-state index contributed by atoms with van der Waals surface area (Å²) in [7, 11) is 1.79. The van der Waals surface area contributed by atoms with E-state index in [1.807, 2.05) is 25.1 Å². The van der Waals surface area contributed by atoms with Crippen molar-refractivity contribution in [2.45, 2.75) is 25.9 Å². The summed E-state index contributed by atoms with van der Waals surface area (Å²) in [6, 6.07) is 5.73. The SMILES string of the molecule is Cc1c(C(=O)N(C)CC2CC(O)C2)oc2ccc(Br)cc12. The van der Waals surface area contributed by atoms with E-state index < -0.39 is 0 Å². The van der Waals surface area contributed by atoms with E-state index in [-0.39, 0.29) is 12.0 Å². The summed E-state index contributed by atoms with van der Waals surface area (Å²) in [6.07, 6.45) is 1.37. The largest absolute Gasteiger partial charge is 0.451 e. The van der Waals surface area contributed by atoms with Crippen LogP contribution in [0.4, 0.5) is 0 Å². The molecule has 1 aromatic heterocycles. The van der Waals surface area contributed by atoms with Crippen LogP contribution in [0.5, 0.6) is 0 Å². The van der Waals surface area contributed by atoms with Gasteiger partial charge in [0.15, 0.2) is 5.76 Å². The Hall–Kier alpha value is -1.33. The van der Waals surface area contributed by atoms with Crippen LogP contribution < -0.4 is 0 Å². The number of hydrogen-bond donors (Lipinski definition) is 1. The summed E-state index contributed by atoms with van der Waals surface area (Å²) in [5, 5.41) is 10.3. The Bertz CT molecular complexity index is 688. The van der Waals surface area contributed by atoms with E-state index in [1.165, 1.54) is 0 Å². The van der Waals surface area contributed by atoms with Gasteiger partial charge in [-0.05, 0) is 43.9 Å². The van der Waals surface area contributed by atoms with E-state index in [1.54, 1.807) is 11.9 Å². The molecule has 112 valence electrons. The van der Waals surface area contributed by atoms with Crippen molar-refractivity contribution in [2.24, 2.45) is 5.92 Å². The maximum Gasteiger partial charge on any atom is 0.289 e. The van der Waals surface area contributed by atoms with Crippen LogP contribution in [0.3, 0.4) is 0 Å². The number of nitrogens with zero attached hydrogens (tertiary/aromatic N) is 1. The molecule has 1 aliphatic carbocycles. The minimum atomic E-state index is -0.191. The molecule has 4 nitrogen and oxygen atoms in total. The fourth-order valence-electron chi connectivity index (χ4n) is 2.89. The molecule has 1 fully saturated rings. The van der Waals surface area contributed by atoms with Crippen molar-refractivity contribution < 1.29 is 14.3 Å². The second-order valence-corrected chi connectivity index (χ2v) is 6.79. The number of halogens is 1.